The molecule has 112 valence electrons. The van der Waals surface area contributed by atoms with Crippen molar-refractivity contribution in [1.29, 1.82) is 0 Å². The molecule has 3 aromatic rings. The molecule has 0 aliphatic heterocycles. The van der Waals surface area contributed by atoms with Crippen LogP contribution in [0, 0.1) is 0 Å². The molecule has 2 aromatic carbocycles. The van der Waals surface area contributed by atoms with Gasteiger partial charge in [-0.2, -0.15) is 0 Å². The van der Waals surface area contributed by atoms with Crippen molar-refractivity contribution in [3.05, 3.63) is 47.8 Å². The zero-order chi connectivity index (χ0) is 15.5. The monoisotopic (exact) mass is 313 g/mol. The van der Waals surface area contributed by atoms with Gasteiger partial charge in [-0.25, -0.2) is 4.98 Å². The van der Waals surface area contributed by atoms with Crippen molar-refractivity contribution < 1.29 is 14.6 Å². The quantitative estimate of drug-likeness (QED) is 0.784. The number of phenolic OH excluding ortho intramolecular Hbond substituents is 1. The SMILES string of the molecule is COc1ccc(OC)c(-c2csc(-c3ccc(O)cc3)n2)c1. The molecular weight excluding hydrogens is 298 g/mol. The first-order valence-corrected chi connectivity index (χ1v) is 7.56. The summed E-state index contributed by atoms with van der Waals surface area (Å²) < 4.78 is 10.7. The fraction of sp³-hybridized carbons (Fsp3) is 0.118. The number of nitrogens with zero attached hydrogens (tertiary/aromatic N) is 1. The van der Waals surface area contributed by atoms with E-state index in [4.69, 9.17) is 9.47 Å². The number of hydrogen-bond acceptors (Lipinski definition) is 5. The van der Waals surface area contributed by atoms with Crippen LogP contribution >= 0.6 is 11.3 Å². The van der Waals surface area contributed by atoms with Gasteiger partial charge in [-0.1, -0.05) is 0 Å². The molecule has 0 amide bonds. The highest BCUT2D eigenvalue weighted by Gasteiger charge is 2.12. The largest absolute Gasteiger partial charge is 0.508 e. The number of rotatable bonds is 4. The number of aromatic hydroxyl groups is 1. The fourth-order valence-electron chi connectivity index (χ4n) is 2.15. The molecular formula is C17H15NO3S. The molecule has 0 radical (unpaired) electrons. The minimum absolute atomic E-state index is 0.245. The number of aromatic nitrogens is 1. The molecule has 0 aliphatic carbocycles. The number of ether oxygens (including phenoxy) is 2. The topological polar surface area (TPSA) is 51.6 Å². The Morgan fingerprint density at radius 2 is 1.77 bits per heavy atom. The highest BCUT2D eigenvalue weighted by molar-refractivity contribution is 7.13. The molecule has 0 spiro atoms. The summed E-state index contributed by atoms with van der Waals surface area (Å²) in [4.78, 5) is 4.67. The highest BCUT2D eigenvalue weighted by Crippen LogP contribution is 2.36. The Hall–Kier alpha value is -2.53. The normalized spacial score (nSPS) is 10.5. The van der Waals surface area contributed by atoms with Crippen LogP contribution in [0.4, 0.5) is 0 Å². The molecule has 0 atom stereocenters. The Morgan fingerprint density at radius 3 is 2.45 bits per heavy atom. The Balaban J connectivity index is 2.01. The van der Waals surface area contributed by atoms with Gasteiger partial charge in [-0.05, 0) is 42.5 Å². The number of methoxy groups -OCH3 is 2. The molecule has 0 saturated carbocycles. The Kier molecular flexibility index (Phi) is 3.98. The van der Waals surface area contributed by atoms with Crippen molar-refractivity contribution in [3.63, 3.8) is 0 Å². The zero-order valence-corrected chi connectivity index (χ0v) is 13.1. The average Bonchev–Trinajstić information content (AvgIpc) is 3.04. The van der Waals surface area contributed by atoms with Gasteiger partial charge in [0.25, 0.3) is 0 Å². The summed E-state index contributed by atoms with van der Waals surface area (Å²) >= 11 is 1.55. The minimum Gasteiger partial charge on any atom is -0.508 e. The second-order valence-electron chi connectivity index (χ2n) is 4.65. The number of thiazole rings is 1. The van der Waals surface area contributed by atoms with Crippen LogP contribution in [0.15, 0.2) is 47.8 Å². The number of benzene rings is 2. The third kappa shape index (κ3) is 2.76. The Labute approximate surface area is 132 Å². The van der Waals surface area contributed by atoms with Crippen molar-refractivity contribution in [1.82, 2.24) is 4.98 Å². The highest BCUT2D eigenvalue weighted by atomic mass is 32.1. The average molecular weight is 313 g/mol. The second kappa shape index (κ2) is 6.07. The van der Waals surface area contributed by atoms with Gasteiger partial charge < -0.3 is 14.6 Å². The predicted molar refractivity (Wildman–Crippen MR) is 87.8 cm³/mol. The summed E-state index contributed by atoms with van der Waals surface area (Å²) in [5.74, 6) is 1.76. The summed E-state index contributed by atoms with van der Waals surface area (Å²) in [7, 11) is 3.27. The lowest BCUT2D eigenvalue weighted by Gasteiger charge is -2.08. The Bertz CT molecular complexity index is 781. The molecule has 22 heavy (non-hydrogen) atoms. The summed E-state index contributed by atoms with van der Waals surface area (Å²) in [5, 5.41) is 12.2. The summed E-state index contributed by atoms with van der Waals surface area (Å²) in [6.45, 7) is 0. The van der Waals surface area contributed by atoms with Crippen molar-refractivity contribution in [2.45, 2.75) is 0 Å². The van der Waals surface area contributed by atoms with E-state index in [-0.39, 0.29) is 5.75 Å². The first kappa shape index (κ1) is 14.4. The summed E-state index contributed by atoms with van der Waals surface area (Å²) in [5.41, 5.74) is 2.70. The molecule has 4 nitrogen and oxygen atoms in total. The van der Waals surface area contributed by atoms with Gasteiger partial charge in [-0.15, -0.1) is 11.3 Å². The number of phenols is 1. The van der Waals surface area contributed by atoms with Gasteiger partial charge in [0, 0.05) is 16.5 Å². The minimum atomic E-state index is 0.245. The van der Waals surface area contributed by atoms with E-state index in [0.717, 1.165) is 33.3 Å². The maximum Gasteiger partial charge on any atom is 0.128 e. The number of hydrogen-bond donors (Lipinski definition) is 1. The molecule has 1 aromatic heterocycles. The van der Waals surface area contributed by atoms with Crippen molar-refractivity contribution in [2.24, 2.45) is 0 Å². The van der Waals surface area contributed by atoms with Crippen molar-refractivity contribution in [2.75, 3.05) is 14.2 Å². The van der Waals surface area contributed by atoms with Crippen LogP contribution in [-0.2, 0) is 0 Å². The smallest absolute Gasteiger partial charge is 0.128 e. The molecule has 0 fully saturated rings. The van der Waals surface area contributed by atoms with E-state index in [9.17, 15) is 5.11 Å². The van der Waals surface area contributed by atoms with Crippen LogP contribution in [0.3, 0.4) is 0 Å². The van der Waals surface area contributed by atoms with E-state index in [1.54, 1.807) is 37.7 Å². The van der Waals surface area contributed by atoms with Crippen LogP contribution in [0.5, 0.6) is 17.2 Å². The van der Waals surface area contributed by atoms with Crippen molar-refractivity contribution >= 4 is 11.3 Å². The summed E-state index contributed by atoms with van der Waals surface area (Å²) in [6.07, 6.45) is 0. The van der Waals surface area contributed by atoms with Crippen LogP contribution in [0.25, 0.3) is 21.8 Å². The molecule has 0 aliphatic rings. The molecule has 0 saturated heterocycles. The molecule has 0 unspecified atom stereocenters. The van der Waals surface area contributed by atoms with E-state index in [1.165, 1.54) is 0 Å². The van der Waals surface area contributed by atoms with Crippen LogP contribution in [-0.4, -0.2) is 24.3 Å². The zero-order valence-electron chi connectivity index (χ0n) is 12.2. The van der Waals surface area contributed by atoms with Crippen LogP contribution in [0.2, 0.25) is 0 Å². The van der Waals surface area contributed by atoms with Crippen molar-refractivity contribution in [3.8, 4) is 39.1 Å². The first-order valence-electron chi connectivity index (χ1n) is 6.68. The second-order valence-corrected chi connectivity index (χ2v) is 5.51. The van der Waals surface area contributed by atoms with Gasteiger partial charge in [0.05, 0.1) is 19.9 Å². The van der Waals surface area contributed by atoms with Gasteiger partial charge >= 0.3 is 0 Å². The maximum absolute atomic E-state index is 9.37. The fourth-order valence-corrected chi connectivity index (χ4v) is 2.97. The molecule has 0 bridgehead atoms. The van der Waals surface area contributed by atoms with Gasteiger partial charge in [0.1, 0.15) is 22.3 Å². The van der Waals surface area contributed by atoms with Gasteiger partial charge in [-0.3, -0.25) is 0 Å². The third-order valence-corrected chi connectivity index (χ3v) is 4.19. The van der Waals surface area contributed by atoms with E-state index < -0.39 is 0 Å². The standard InChI is InChI=1S/C17H15NO3S/c1-20-13-7-8-16(21-2)14(9-13)15-10-22-17(18-15)11-3-5-12(19)6-4-11/h3-10,19H,1-2H3. The van der Waals surface area contributed by atoms with Crippen LogP contribution in [0.1, 0.15) is 0 Å². The van der Waals surface area contributed by atoms with E-state index in [2.05, 4.69) is 4.98 Å². The lowest BCUT2D eigenvalue weighted by atomic mass is 10.1. The maximum atomic E-state index is 9.37. The predicted octanol–water partition coefficient (Wildman–Crippen LogP) is 4.20. The van der Waals surface area contributed by atoms with Crippen LogP contribution < -0.4 is 9.47 Å². The molecule has 1 heterocycles. The van der Waals surface area contributed by atoms with E-state index in [1.807, 2.05) is 35.7 Å². The van der Waals surface area contributed by atoms with Gasteiger partial charge in [0.2, 0.25) is 0 Å². The van der Waals surface area contributed by atoms with E-state index in [0.29, 0.717) is 0 Å². The Morgan fingerprint density at radius 1 is 1.00 bits per heavy atom. The molecule has 5 heteroatoms. The van der Waals surface area contributed by atoms with Gasteiger partial charge in [0.15, 0.2) is 0 Å². The summed E-state index contributed by atoms with van der Waals surface area (Å²) in [6, 6.07) is 12.6. The first-order chi connectivity index (χ1) is 10.7. The molecule has 1 N–H and O–H groups in total. The lowest BCUT2D eigenvalue weighted by molar-refractivity contribution is 0.404. The third-order valence-electron chi connectivity index (χ3n) is 3.30. The lowest BCUT2D eigenvalue weighted by Crippen LogP contribution is -1.90. The molecule has 3 rings (SSSR count). The van der Waals surface area contributed by atoms with E-state index >= 15 is 0 Å².